The van der Waals surface area contributed by atoms with Gasteiger partial charge in [-0.3, -0.25) is 9.59 Å². The molecule has 0 aliphatic heterocycles. The Kier molecular flexibility index (Phi) is 8.15. The summed E-state index contributed by atoms with van der Waals surface area (Å²) in [5.41, 5.74) is 1.36. The van der Waals surface area contributed by atoms with E-state index in [-0.39, 0.29) is 12.4 Å². The molecule has 0 aliphatic rings. The minimum Gasteiger partial charge on any atom is -0.493 e. The molecular weight excluding hydrogens is 388 g/mol. The number of ether oxygens (including phenoxy) is 3. The van der Waals surface area contributed by atoms with E-state index in [1.54, 1.807) is 42.5 Å². The number of carbonyl (C=O) groups excluding carboxylic acids is 3. The molecule has 0 radical (unpaired) electrons. The van der Waals surface area contributed by atoms with Gasteiger partial charge in [0, 0.05) is 11.6 Å². The van der Waals surface area contributed by atoms with Crippen LogP contribution in [0.2, 0.25) is 0 Å². The van der Waals surface area contributed by atoms with Gasteiger partial charge in [0.25, 0.3) is 5.91 Å². The minimum absolute atomic E-state index is 0.114. The molecule has 2 aromatic carbocycles. The van der Waals surface area contributed by atoms with Gasteiger partial charge in [0.15, 0.2) is 30.5 Å². The van der Waals surface area contributed by atoms with Gasteiger partial charge >= 0.3 is 5.97 Å². The van der Waals surface area contributed by atoms with Crippen LogP contribution in [-0.2, 0) is 14.3 Å². The fraction of sp³-hybridized carbons (Fsp3) is 0.182. The number of Topliss-reactive ketones (excluding diaryl/α,β-unsaturated/α-hetero) is 1. The van der Waals surface area contributed by atoms with Crippen molar-refractivity contribution in [2.75, 3.05) is 25.6 Å². The molecule has 8 nitrogen and oxygen atoms in total. The average Bonchev–Trinajstić information content (AvgIpc) is 2.75. The molecule has 30 heavy (non-hydrogen) atoms. The second-order valence-electron chi connectivity index (χ2n) is 5.95. The molecule has 2 rings (SSSR count). The zero-order chi connectivity index (χ0) is 21.9. The highest BCUT2D eigenvalue weighted by atomic mass is 16.5. The Hall–Kier alpha value is -4.12. The minimum atomic E-state index is -0.714. The number of hydrogen-bond acceptors (Lipinski definition) is 7. The number of anilines is 1. The summed E-state index contributed by atoms with van der Waals surface area (Å²) in [5, 5.41) is 11.1. The highest BCUT2D eigenvalue weighted by molar-refractivity contribution is 6.04. The van der Waals surface area contributed by atoms with Crippen molar-refractivity contribution in [3.05, 3.63) is 59.7 Å². The third-order valence-electron chi connectivity index (χ3n) is 3.82. The van der Waals surface area contributed by atoms with E-state index in [4.69, 9.17) is 19.5 Å². The molecule has 1 amide bonds. The Morgan fingerprint density at radius 1 is 1.13 bits per heavy atom. The second-order valence-corrected chi connectivity index (χ2v) is 5.95. The lowest BCUT2D eigenvalue weighted by molar-refractivity contribution is -0.142. The first-order valence-electron chi connectivity index (χ1n) is 8.87. The summed E-state index contributed by atoms with van der Waals surface area (Å²) in [6, 6.07) is 13.3. The Bertz CT molecular complexity index is 1010. The van der Waals surface area contributed by atoms with Crippen LogP contribution in [0.25, 0.3) is 6.08 Å². The molecule has 0 unspecified atom stereocenters. The van der Waals surface area contributed by atoms with Crippen LogP contribution in [0.15, 0.2) is 48.5 Å². The summed E-state index contributed by atoms with van der Waals surface area (Å²) in [6.45, 7) is 0.781. The standard InChI is InChI=1S/C22H20N2O6/c1-15(25)17-5-3-4-6-18(17)24-21(26)14-30-22(27)10-8-16-7-9-19(29-12-11-23)20(13-16)28-2/h3-10,13H,12,14H2,1-2H3,(H,24,26). The zero-order valence-electron chi connectivity index (χ0n) is 16.5. The van der Waals surface area contributed by atoms with Crippen molar-refractivity contribution in [1.29, 1.82) is 5.26 Å². The number of amides is 1. The van der Waals surface area contributed by atoms with Crippen molar-refractivity contribution >= 4 is 29.4 Å². The van der Waals surface area contributed by atoms with Gasteiger partial charge in [0.05, 0.1) is 12.8 Å². The monoisotopic (exact) mass is 408 g/mol. The average molecular weight is 408 g/mol. The highest BCUT2D eigenvalue weighted by Gasteiger charge is 2.11. The van der Waals surface area contributed by atoms with Gasteiger partial charge in [0.1, 0.15) is 6.07 Å². The van der Waals surface area contributed by atoms with Gasteiger partial charge in [-0.2, -0.15) is 5.26 Å². The number of ketones is 1. The van der Waals surface area contributed by atoms with Gasteiger partial charge in [-0.25, -0.2) is 4.79 Å². The van der Waals surface area contributed by atoms with Crippen LogP contribution in [0, 0.1) is 11.3 Å². The van der Waals surface area contributed by atoms with E-state index >= 15 is 0 Å². The molecule has 0 spiro atoms. The lowest BCUT2D eigenvalue weighted by Gasteiger charge is -2.09. The fourth-order valence-corrected chi connectivity index (χ4v) is 2.45. The molecule has 8 heteroatoms. The lowest BCUT2D eigenvalue weighted by atomic mass is 10.1. The van der Waals surface area contributed by atoms with E-state index in [0.717, 1.165) is 0 Å². The van der Waals surface area contributed by atoms with Crippen LogP contribution in [0.5, 0.6) is 11.5 Å². The number of para-hydroxylation sites is 1. The molecule has 0 saturated heterocycles. The van der Waals surface area contributed by atoms with E-state index in [0.29, 0.717) is 28.3 Å². The van der Waals surface area contributed by atoms with Crippen molar-refractivity contribution in [2.24, 2.45) is 0 Å². The van der Waals surface area contributed by atoms with Crippen molar-refractivity contribution in [2.45, 2.75) is 6.92 Å². The number of rotatable bonds is 9. The van der Waals surface area contributed by atoms with Crippen LogP contribution in [0.4, 0.5) is 5.69 Å². The predicted octanol–water partition coefficient (Wildman–Crippen LogP) is 3.00. The van der Waals surface area contributed by atoms with Crippen LogP contribution in [0.3, 0.4) is 0 Å². The maximum atomic E-state index is 12.0. The topological polar surface area (TPSA) is 115 Å². The smallest absolute Gasteiger partial charge is 0.331 e. The van der Waals surface area contributed by atoms with Crippen LogP contribution < -0.4 is 14.8 Å². The molecule has 0 aliphatic carbocycles. The highest BCUT2D eigenvalue weighted by Crippen LogP contribution is 2.28. The number of nitriles is 1. The molecular formula is C22H20N2O6. The first kappa shape index (κ1) is 22.2. The van der Waals surface area contributed by atoms with E-state index in [1.165, 1.54) is 26.2 Å². The maximum Gasteiger partial charge on any atom is 0.331 e. The molecule has 0 aromatic heterocycles. The van der Waals surface area contributed by atoms with Crippen LogP contribution in [-0.4, -0.2) is 38.0 Å². The van der Waals surface area contributed by atoms with E-state index in [2.05, 4.69) is 5.32 Å². The van der Waals surface area contributed by atoms with Crippen molar-refractivity contribution < 1.29 is 28.6 Å². The molecule has 0 bridgehead atoms. The number of benzene rings is 2. The molecule has 0 heterocycles. The molecule has 0 atom stereocenters. The van der Waals surface area contributed by atoms with E-state index < -0.39 is 18.5 Å². The van der Waals surface area contributed by atoms with Gasteiger partial charge in [-0.1, -0.05) is 18.2 Å². The number of methoxy groups -OCH3 is 1. The zero-order valence-corrected chi connectivity index (χ0v) is 16.5. The molecule has 1 N–H and O–H groups in total. The number of esters is 1. The number of carbonyl (C=O) groups is 3. The normalized spacial score (nSPS) is 10.2. The Balaban J connectivity index is 1.91. The largest absolute Gasteiger partial charge is 0.493 e. The second kappa shape index (κ2) is 11.0. The van der Waals surface area contributed by atoms with Crippen molar-refractivity contribution in [3.8, 4) is 17.6 Å². The van der Waals surface area contributed by atoms with Crippen LogP contribution in [0.1, 0.15) is 22.8 Å². The Morgan fingerprint density at radius 3 is 2.60 bits per heavy atom. The van der Waals surface area contributed by atoms with Crippen molar-refractivity contribution in [1.82, 2.24) is 0 Å². The first-order valence-corrected chi connectivity index (χ1v) is 8.87. The van der Waals surface area contributed by atoms with Crippen molar-refractivity contribution in [3.63, 3.8) is 0 Å². The summed E-state index contributed by atoms with van der Waals surface area (Å²) in [6.07, 6.45) is 2.66. The Morgan fingerprint density at radius 2 is 1.90 bits per heavy atom. The Labute approximate surface area is 173 Å². The van der Waals surface area contributed by atoms with Gasteiger partial charge in [0.2, 0.25) is 0 Å². The van der Waals surface area contributed by atoms with Gasteiger partial charge in [-0.05, 0) is 42.8 Å². The quantitative estimate of drug-likeness (QED) is 0.385. The lowest BCUT2D eigenvalue weighted by Crippen LogP contribution is -2.21. The summed E-state index contributed by atoms with van der Waals surface area (Å²) < 4.78 is 15.3. The van der Waals surface area contributed by atoms with E-state index in [9.17, 15) is 14.4 Å². The number of nitrogens with zero attached hydrogens (tertiary/aromatic N) is 1. The maximum absolute atomic E-state index is 12.0. The number of nitrogens with one attached hydrogen (secondary N) is 1. The third kappa shape index (κ3) is 6.49. The summed E-state index contributed by atoms with van der Waals surface area (Å²) >= 11 is 0. The fourth-order valence-electron chi connectivity index (χ4n) is 2.45. The van der Waals surface area contributed by atoms with Crippen LogP contribution >= 0.6 is 0 Å². The first-order chi connectivity index (χ1) is 14.4. The molecule has 0 saturated carbocycles. The molecule has 154 valence electrons. The summed E-state index contributed by atoms with van der Waals surface area (Å²) in [7, 11) is 1.46. The SMILES string of the molecule is COc1cc(C=CC(=O)OCC(=O)Nc2ccccc2C(C)=O)ccc1OCC#N. The van der Waals surface area contributed by atoms with Gasteiger partial charge < -0.3 is 19.5 Å². The molecule has 0 fully saturated rings. The third-order valence-corrected chi connectivity index (χ3v) is 3.82. The number of hydrogen-bond donors (Lipinski definition) is 1. The summed E-state index contributed by atoms with van der Waals surface area (Å²) in [4.78, 5) is 35.4. The predicted molar refractivity (Wildman–Crippen MR) is 109 cm³/mol. The van der Waals surface area contributed by atoms with E-state index in [1.807, 2.05) is 6.07 Å². The van der Waals surface area contributed by atoms with Gasteiger partial charge in [-0.15, -0.1) is 0 Å². The summed E-state index contributed by atoms with van der Waals surface area (Å²) in [5.74, 6) is -0.657. The molecule has 2 aromatic rings.